The smallest absolute Gasteiger partial charge is 0.129 e. The van der Waals surface area contributed by atoms with Crippen LogP contribution in [-0.4, -0.2) is 14.2 Å². The van der Waals surface area contributed by atoms with Crippen molar-refractivity contribution >= 4 is 0 Å². The fourth-order valence-corrected chi connectivity index (χ4v) is 3.85. The van der Waals surface area contributed by atoms with Crippen LogP contribution in [0.15, 0.2) is 16.5 Å². The molecule has 18 heavy (non-hydrogen) atoms. The molecule has 1 N–H and O–H groups in total. The highest BCUT2D eigenvalue weighted by molar-refractivity contribution is 5.16. The summed E-state index contributed by atoms with van der Waals surface area (Å²) in [6, 6.07) is 4.54. The van der Waals surface area contributed by atoms with Crippen LogP contribution < -0.4 is 5.32 Å². The normalized spacial score (nSPS) is 32.0. The van der Waals surface area contributed by atoms with E-state index in [0.29, 0.717) is 12.6 Å². The first-order valence-corrected chi connectivity index (χ1v) is 7.10. The van der Waals surface area contributed by atoms with Gasteiger partial charge in [-0.2, -0.15) is 0 Å². The quantitative estimate of drug-likeness (QED) is 0.870. The highest BCUT2D eigenvalue weighted by atomic mass is 16.5. The predicted molar refractivity (Wildman–Crippen MR) is 70.2 cm³/mol. The second-order valence-electron chi connectivity index (χ2n) is 5.69. The van der Waals surface area contributed by atoms with Gasteiger partial charge in [-0.05, 0) is 49.8 Å². The van der Waals surface area contributed by atoms with Crippen LogP contribution in [0.1, 0.15) is 43.2 Å². The van der Waals surface area contributed by atoms with Gasteiger partial charge in [0.15, 0.2) is 0 Å². The minimum absolute atomic E-state index is 0.392. The zero-order valence-corrected chi connectivity index (χ0v) is 11.3. The van der Waals surface area contributed by atoms with E-state index in [0.717, 1.165) is 29.3 Å². The standard InChI is InChI=1S/C15H23NO2/c1-16-15(13-8-7-10(18-13)9-17-2)14-11-5-3-4-6-12(11)14/h7-8,11-12,14-16H,3-6,9H2,1-2H3. The Bertz CT molecular complexity index is 389. The SMILES string of the molecule is CNC(c1ccc(COC)o1)C1C2CCCCC21. The number of nitrogens with one attached hydrogen (secondary N) is 1. The molecular formula is C15H23NO2. The van der Waals surface area contributed by atoms with Crippen molar-refractivity contribution in [1.29, 1.82) is 0 Å². The van der Waals surface area contributed by atoms with Crippen molar-refractivity contribution in [2.45, 2.75) is 38.3 Å². The average molecular weight is 249 g/mol. The summed E-state index contributed by atoms with van der Waals surface area (Å²) in [6.45, 7) is 0.563. The molecule has 3 atom stereocenters. The summed E-state index contributed by atoms with van der Waals surface area (Å²) in [4.78, 5) is 0. The van der Waals surface area contributed by atoms with E-state index in [1.54, 1.807) is 7.11 Å². The number of furan rings is 1. The van der Waals surface area contributed by atoms with Gasteiger partial charge in [-0.25, -0.2) is 0 Å². The minimum Gasteiger partial charge on any atom is -0.462 e. The number of hydrogen-bond donors (Lipinski definition) is 1. The second-order valence-corrected chi connectivity index (χ2v) is 5.69. The van der Waals surface area contributed by atoms with E-state index >= 15 is 0 Å². The number of rotatable bonds is 5. The first-order chi connectivity index (χ1) is 8.85. The van der Waals surface area contributed by atoms with Crippen LogP contribution in [0, 0.1) is 17.8 Å². The van der Waals surface area contributed by atoms with Crippen molar-refractivity contribution in [3.63, 3.8) is 0 Å². The summed E-state index contributed by atoms with van der Waals surface area (Å²) < 4.78 is 11.0. The highest BCUT2D eigenvalue weighted by Crippen LogP contribution is 2.60. The van der Waals surface area contributed by atoms with Gasteiger partial charge in [0.2, 0.25) is 0 Å². The summed E-state index contributed by atoms with van der Waals surface area (Å²) in [5, 5.41) is 3.46. The maximum absolute atomic E-state index is 5.90. The number of fused-ring (bicyclic) bond motifs is 1. The topological polar surface area (TPSA) is 34.4 Å². The fraction of sp³-hybridized carbons (Fsp3) is 0.733. The molecule has 0 aliphatic heterocycles. The number of hydrogen-bond acceptors (Lipinski definition) is 3. The van der Waals surface area contributed by atoms with Gasteiger partial charge >= 0.3 is 0 Å². The largest absolute Gasteiger partial charge is 0.462 e. The molecule has 0 bridgehead atoms. The van der Waals surface area contributed by atoms with Gasteiger partial charge < -0.3 is 14.5 Å². The van der Waals surface area contributed by atoms with E-state index in [9.17, 15) is 0 Å². The van der Waals surface area contributed by atoms with Crippen LogP contribution in [-0.2, 0) is 11.3 Å². The predicted octanol–water partition coefficient (Wildman–Crippen LogP) is 3.12. The summed E-state index contributed by atoms with van der Waals surface area (Å²) >= 11 is 0. The molecular weight excluding hydrogens is 226 g/mol. The van der Waals surface area contributed by atoms with Crippen LogP contribution in [0.2, 0.25) is 0 Å². The fourth-order valence-electron chi connectivity index (χ4n) is 3.85. The molecule has 2 aliphatic rings. The minimum atomic E-state index is 0.392. The zero-order valence-electron chi connectivity index (χ0n) is 11.3. The molecule has 0 amide bonds. The van der Waals surface area contributed by atoms with Gasteiger partial charge in [-0.15, -0.1) is 0 Å². The molecule has 3 heteroatoms. The molecule has 2 aliphatic carbocycles. The first kappa shape index (κ1) is 12.2. The van der Waals surface area contributed by atoms with Gasteiger partial charge in [-0.3, -0.25) is 0 Å². The maximum atomic E-state index is 5.90. The number of methoxy groups -OCH3 is 1. The highest BCUT2D eigenvalue weighted by Gasteiger charge is 2.54. The zero-order chi connectivity index (χ0) is 12.5. The van der Waals surface area contributed by atoms with Crippen molar-refractivity contribution in [3.05, 3.63) is 23.7 Å². The molecule has 1 aromatic heterocycles. The monoisotopic (exact) mass is 249 g/mol. The van der Waals surface area contributed by atoms with Crippen molar-refractivity contribution in [3.8, 4) is 0 Å². The number of ether oxygens (including phenoxy) is 1. The van der Waals surface area contributed by atoms with Crippen molar-refractivity contribution in [2.24, 2.45) is 17.8 Å². The lowest BCUT2D eigenvalue weighted by molar-refractivity contribution is 0.161. The maximum Gasteiger partial charge on any atom is 0.129 e. The van der Waals surface area contributed by atoms with E-state index < -0.39 is 0 Å². The van der Waals surface area contributed by atoms with Crippen LogP contribution in [0.5, 0.6) is 0 Å². The molecule has 2 fully saturated rings. The molecule has 3 unspecified atom stereocenters. The summed E-state index contributed by atoms with van der Waals surface area (Å²) in [7, 11) is 3.75. The third kappa shape index (κ3) is 2.10. The molecule has 0 spiro atoms. The molecule has 2 saturated carbocycles. The van der Waals surface area contributed by atoms with Crippen LogP contribution in [0.25, 0.3) is 0 Å². The van der Waals surface area contributed by atoms with Crippen LogP contribution in [0.3, 0.4) is 0 Å². The van der Waals surface area contributed by atoms with Crippen LogP contribution >= 0.6 is 0 Å². The first-order valence-electron chi connectivity index (χ1n) is 7.10. The van der Waals surface area contributed by atoms with E-state index in [1.807, 2.05) is 13.1 Å². The van der Waals surface area contributed by atoms with Crippen molar-refractivity contribution in [1.82, 2.24) is 5.32 Å². The summed E-state index contributed by atoms with van der Waals surface area (Å²) in [5.41, 5.74) is 0. The van der Waals surface area contributed by atoms with Gasteiger partial charge in [0, 0.05) is 7.11 Å². The Labute approximate surface area is 109 Å². The van der Waals surface area contributed by atoms with E-state index in [2.05, 4.69) is 11.4 Å². The molecule has 1 heterocycles. The Kier molecular flexibility index (Phi) is 3.44. The molecule has 100 valence electrons. The van der Waals surface area contributed by atoms with Crippen molar-refractivity contribution in [2.75, 3.05) is 14.2 Å². The Morgan fingerprint density at radius 3 is 2.67 bits per heavy atom. The van der Waals surface area contributed by atoms with Crippen LogP contribution in [0.4, 0.5) is 0 Å². The van der Waals surface area contributed by atoms with E-state index in [-0.39, 0.29) is 0 Å². The summed E-state index contributed by atoms with van der Waals surface area (Å²) in [6.07, 6.45) is 5.67. The third-order valence-electron chi connectivity index (χ3n) is 4.69. The Hall–Kier alpha value is -0.800. The second kappa shape index (κ2) is 5.06. The Balaban J connectivity index is 1.71. The lowest BCUT2D eigenvalue weighted by Gasteiger charge is -2.13. The van der Waals surface area contributed by atoms with E-state index in [1.165, 1.54) is 25.7 Å². The molecule has 1 aromatic rings. The molecule has 0 aromatic carbocycles. The van der Waals surface area contributed by atoms with E-state index in [4.69, 9.17) is 9.15 Å². The molecule has 3 nitrogen and oxygen atoms in total. The molecule has 0 radical (unpaired) electrons. The molecule has 0 saturated heterocycles. The average Bonchev–Trinajstić information content (AvgIpc) is 2.92. The Morgan fingerprint density at radius 2 is 2.06 bits per heavy atom. The van der Waals surface area contributed by atoms with Gasteiger partial charge in [-0.1, -0.05) is 12.8 Å². The third-order valence-corrected chi connectivity index (χ3v) is 4.69. The lowest BCUT2D eigenvalue weighted by Crippen LogP contribution is -2.19. The Morgan fingerprint density at radius 1 is 1.33 bits per heavy atom. The van der Waals surface area contributed by atoms with Gasteiger partial charge in [0.25, 0.3) is 0 Å². The molecule has 3 rings (SSSR count). The summed E-state index contributed by atoms with van der Waals surface area (Å²) in [5.74, 6) is 4.68. The van der Waals surface area contributed by atoms with Gasteiger partial charge in [0.1, 0.15) is 18.1 Å². The lowest BCUT2D eigenvalue weighted by atomic mass is 10.0. The van der Waals surface area contributed by atoms with Gasteiger partial charge in [0.05, 0.1) is 6.04 Å². The van der Waals surface area contributed by atoms with Crippen molar-refractivity contribution < 1.29 is 9.15 Å².